The number of nitrogens with zero attached hydrogens (tertiary/aromatic N) is 3. The van der Waals surface area contributed by atoms with Gasteiger partial charge >= 0.3 is 0 Å². The second-order valence-corrected chi connectivity index (χ2v) is 5.53. The van der Waals surface area contributed by atoms with Crippen LogP contribution in [0, 0.1) is 0 Å². The number of benzene rings is 1. The van der Waals surface area contributed by atoms with Gasteiger partial charge in [-0.2, -0.15) is 5.21 Å². The van der Waals surface area contributed by atoms with Gasteiger partial charge in [-0.3, -0.25) is 0 Å². The zero-order valence-electron chi connectivity index (χ0n) is 10.3. The first-order valence-electron chi connectivity index (χ1n) is 5.78. The highest BCUT2D eigenvalue weighted by Crippen LogP contribution is 2.35. The highest BCUT2D eigenvalue weighted by Gasteiger charge is 2.09. The third-order valence-electron chi connectivity index (χ3n) is 2.30. The first-order chi connectivity index (χ1) is 9.20. The molecule has 0 aliphatic heterocycles. The second kappa shape index (κ2) is 6.85. The monoisotopic (exact) mass is 389 g/mol. The summed E-state index contributed by atoms with van der Waals surface area (Å²) in [5, 5.41) is 16.6. The highest BCUT2D eigenvalue weighted by molar-refractivity contribution is 9.11. The first kappa shape index (κ1) is 14.3. The largest absolute Gasteiger partial charge is 0.491 e. The maximum Gasteiger partial charge on any atom is 0.263 e. The predicted molar refractivity (Wildman–Crippen MR) is 79.1 cm³/mol. The number of hydrogen-bond acceptors (Lipinski definition) is 5. The minimum Gasteiger partial charge on any atom is -0.491 e. The minimum atomic E-state index is 0.471. The summed E-state index contributed by atoms with van der Waals surface area (Å²) in [6.07, 6.45) is 0.972. The van der Waals surface area contributed by atoms with Gasteiger partial charge in [-0.25, -0.2) is 0 Å². The smallest absolute Gasteiger partial charge is 0.263 e. The molecule has 0 atom stereocenters. The quantitative estimate of drug-likeness (QED) is 0.792. The molecule has 1 heterocycles. The van der Waals surface area contributed by atoms with Crippen LogP contribution in [-0.2, 0) is 6.54 Å². The van der Waals surface area contributed by atoms with E-state index in [1.165, 1.54) is 0 Å². The van der Waals surface area contributed by atoms with E-state index in [-0.39, 0.29) is 0 Å². The molecule has 0 aliphatic rings. The Morgan fingerprint density at radius 2 is 2.05 bits per heavy atom. The Morgan fingerprint density at radius 3 is 2.63 bits per heavy atom. The van der Waals surface area contributed by atoms with E-state index in [0.717, 1.165) is 26.7 Å². The Hall–Kier alpha value is -1.15. The fourth-order valence-electron chi connectivity index (χ4n) is 1.47. The zero-order valence-corrected chi connectivity index (χ0v) is 13.5. The van der Waals surface area contributed by atoms with Gasteiger partial charge in [0.15, 0.2) is 0 Å². The standard InChI is InChI=1S/C11H13Br2N5O/c1-2-3-19-10-8(12)4-7(5-9(10)13)6-14-11-15-17-18-16-11/h4-5H,2-3,6H2,1H3,(H2,14,15,16,17,18). The van der Waals surface area contributed by atoms with Crippen molar-refractivity contribution in [1.29, 1.82) is 0 Å². The molecule has 0 fully saturated rings. The molecule has 1 aromatic carbocycles. The van der Waals surface area contributed by atoms with Gasteiger partial charge in [0.2, 0.25) is 0 Å². The molecule has 0 bridgehead atoms. The van der Waals surface area contributed by atoms with Crippen molar-refractivity contribution >= 4 is 37.8 Å². The van der Waals surface area contributed by atoms with Crippen LogP contribution in [0.2, 0.25) is 0 Å². The molecule has 1 aromatic heterocycles. The van der Waals surface area contributed by atoms with Gasteiger partial charge in [-0.1, -0.05) is 12.0 Å². The van der Waals surface area contributed by atoms with Crippen molar-refractivity contribution in [2.24, 2.45) is 0 Å². The summed E-state index contributed by atoms with van der Waals surface area (Å²) in [5.74, 6) is 1.30. The second-order valence-electron chi connectivity index (χ2n) is 3.83. The van der Waals surface area contributed by atoms with E-state index in [1.807, 2.05) is 12.1 Å². The average molecular weight is 391 g/mol. The van der Waals surface area contributed by atoms with E-state index in [0.29, 0.717) is 19.1 Å². The normalized spacial score (nSPS) is 10.5. The third-order valence-corrected chi connectivity index (χ3v) is 3.48. The van der Waals surface area contributed by atoms with E-state index >= 15 is 0 Å². The Bertz CT molecular complexity index is 509. The third kappa shape index (κ3) is 3.90. The van der Waals surface area contributed by atoms with E-state index in [1.54, 1.807) is 0 Å². The summed E-state index contributed by atoms with van der Waals surface area (Å²) in [7, 11) is 0. The molecule has 0 radical (unpaired) electrons. The molecule has 8 heteroatoms. The van der Waals surface area contributed by atoms with E-state index in [9.17, 15) is 0 Å². The molecule has 0 amide bonds. The van der Waals surface area contributed by atoms with Crippen LogP contribution in [0.3, 0.4) is 0 Å². The number of hydrogen-bond donors (Lipinski definition) is 2. The molecule has 0 saturated carbocycles. The lowest BCUT2D eigenvalue weighted by Crippen LogP contribution is -2.03. The van der Waals surface area contributed by atoms with E-state index < -0.39 is 0 Å². The first-order valence-corrected chi connectivity index (χ1v) is 7.37. The molecular weight excluding hydrogens is 378 g/mol. The Labute approximate surface area is 127 Å². The number of halogens is 2. The number of anilines is 1. The lowest BCUT2D eigenvalue weighted by atomic mass is 10.2. The van der Waals surface area contributed by atoms with Crippen molar-refractivity contribution in [1.82, 2.24) is 20.6 Å². The molecule has 2 aromatic rings. The van der Waals surface area contributed by atoms with E-state index in [4.69, 9.17) is 4.74 Å². The number of nitrogens with one attached hydrogen (secondary N) is 2. The number of ether oxygens (including phenoxy) is 1. The molecule has 6 nitrogen and oxygen atoms in total. The van der Waals surface area contributed by atoms with Gasteiger partial charge in [0.05, 0.1) is 15.6 Å². The molecule has 19 heavy (non-hydrogen) atoms. The van der Waals surface area contributed by atoms with Gasteiger partial charge in [0, 0.05) is 6.54 Å². The van der Waals surface area contributed by atoms with Crippen molar-refractivity contribution in [3.05, 3.63) is 26.6 Å². The maximum atomic E-state index is 5.67. The fourth-order valence-corrected chi connectivity index (χ4v) is 2.98. The summed E-state index contributed by atoms with van der Waals surface area (Å²) in [4.78, 5) is 0. The number of aromatic nitrogens is 4. The van der Waals surface area contributed by atoms with Crippen molar-refractivity contribution in [3.63, 3.8) is 0 Å². The minimum absolute atomic E-state index is 0.471. The van der Waals surface area contributed by atoms with Gasteiger partial charge in [0.25, 0.3) is 5.95 Å². The number of H-pyrrole nitrogens is 1. The van der Waals surface area contributed by atoms with Crippen molar-refractivity contribution in [2.45, 2.75) is 19.9 Å². The maximum absolute atomic E-state index is 5.67. The molecule has 0 saturated heterocycles. The van der Waals surface area contributed by atoms with Crippen molar-refractivity contribution in [2.75, 3.05) is 11.9 Å². The van der Waals surface area contributed by atoms with Gasteiger partial charge in [-0.15, -0.1) is 5.10 Å². The van der Waals surface area contributed by atoms with Gasteiger partial charge in [0.1, 0.15) is 5.75 Å². The van der Waals surface area contributed by atoms with Crippen LogP contribution >= 0.6 is 31.9 Å². The SMILES string of the molecule is CCCOc1c(Br)cc(CNc2nn[nH]n2)cc1Br. The van der Waals surface area contributed by atoms with Crippen LogP contribution in [0.1, 0.15) is 18.9 Å². The predicted octanol–water partition coefficient (Wildman–Crippen LogP) is 3.13. The average Bonchev–Trinajstić information content (AvgIpc) is 2.88. The van der Waals surface area contributed by atoms with E-state index in [2.05, 4.69) is 64.7 Å². The van der Waals surface area contributed by atoms with Crippen LogP contribution in [0.4, 0.5) is 5.95 Å². The van der Waals surface area contributed by atoms with Crippen LogP contribution in [-0.4, -0.2) is 27.2 Å². The summed E-state index contributed by atoms with van der Waals surface area (Å²) in [6.45, 7) is 3.37. The molecule has 2 N–H and O–H groups in total. The molecule has 102 valence electrons. The van der Waals surface area contributed by atoms with Crippen LogP contribution in [0.15, 0.2) is 21.1 Å². The molecule has 2 rings (SSSR count). The summed E-state index contributed by atoms with van der Waals surface area (Å²) in [6, 6.07) is 4.01. The number of tetrazole rings is 1. The lowest BCUT2D eigenvalue weighted by Gasteiger charge is -2.11. The number of rotatable bonds is 6. The number of aromatic amines is 1. The van der Waals surface area contributed by atoms with Crippen LogP contribution < -0.4 is 10.1 Å². The zero-order chi connectivity index (χ0) is 13.7. The van der Waals surface area contributed by atoms with Gasteiger partial charge in [-0.05, 0) is 61.2 Å². The Kier molecular flexibility index (Phi) is 5.15. The summed E-state index contributed by atoms with van der Waals surface area (Å²) in [5.41, 5.74) is 1.08. The van der Waals surface area contributed by atoms with Gasteiger partial charge < -0.3 is 10.1 Å². The summed E-state index contributed by atoms with van der Waals surface area (Å²) >= 11 is 7.03. The fraction of sp³-hybridized carbons (Fsp3) is 0.364. The topological polar surface area (TPSA) is 75.7 Å². The highest BCUT2D eigenvalue weighted by atomic mass is 79.9. The van der Waals surface area contributed by atoms with Crippen molar-refractivity contribution in [3.8, 4) is 5.75 Å². The molecule has 0 unspecified atom stereocenters. The molecular formula is C11H13Br2N5O. The molecule has 0 spiro atoms. The lowest BCUT2D eigenvalue weighted by molar-refractivity contribution is 0.313. The Balaban J connectivity index is 2.06. The van der Waals surface area contributed by atoms with Crippen LogP contribution in [0.25, 0.3) is 0 Å². The van der Waals surface area contributed by atoms with Crippen LogP contribution in [0.5, 0.6) is 5.75 Å². The van der Waals surface area contributed by atoms with Crippen molar-refractivity contribution < 1.29 is 4.74 Å². The Morgan fingerprint density at radius 1 is 1.32 bits per heavy atom. The molecule has 0 aliphatic carbocycles. The summed E-state index contributed by atoms with van der Waals surface area (Å²) < 4.78 is 7.50.